The molecule has 1 aromatic carbocycles. The minimum atomic E-state index is -0.497. The van der Waals surface area contributed by atoms with E-state index >= 15 is 0 Å². The lowest BCUT2D eigenvalue weighted by molar-refractivity contribution is 0.0165. The van der Waals surface area contributed by atoms with Gasteiger partial charge in [0.1, 0.15) is 11.6 Å². The zero-order chi connectivity index (χ0) is 22.4. The zero-order valence-electron chi connectivity index (χ0n) is 19.0. The lowest BCUT2D eigenvalue weighted by atomic mass is 9.84. The van der Waals surface area contributed by atoms with Crippen LogP contribution in [0.2, 0.25) is 0 Å². The summed E-state index contributed by atoms with van der Waals surface area (Å²) in [6.07, 6.45) is 2.13. The fourth-order valence-electron chi connectivity index (χ4n) is 4.59. The van der Waals surface area contributed by atoms with E-state index in [1.54, 1.807) is 6.07 Å². The highest BCUT2D eigenvalue weighted by Crippen LogP contribution is 2.33. The molecule has 3 N–H and O–H groups in total. The highest BCUT2D eigenvalue weighted by molar-refractivity contribution is 5.84. The third-order valence-corrected chi connectivity index (χ3v) is 6.98. The second-order valence-corrected chi connectivity index (χ2v) is 9.39. The average Bonchev–Trinajstić information content (AvgIpc) is 3.11. The molecule has 0 saturated carbocycles. The number of aromatic amines is 1. The van der Waals surface area contributed by atoms with Crippen molar-refractivity contribution in [3.63, 3.8) is 0 Å². The number of aromatic hydroxyl groups is 1. The SMILES string of the molecule is CCC1(CC)CN(Cc2cc(-c3ccc(O)cc3F)nc3n[nH]c(C)c23)C(C)(C)CN1. The molecule has 3 aromatic rings. The van der Waals surface area contributed by atoms with Crippen molar-refractivity contribution < 1.29 is 9.50 Å². The third-order valence-electron chi connectivity index (χ3n) is 6.98. The van der Waals surface area contributed by atoms with Gasteiger partial charge in [-0.15, -0.1) is 0 Å². The Morgan fingerprint density at radius 2 is 1.94 bits per heavy atom. The number of aromatic nitrogens is 3. The second kappa shape index (κ2) is 7.88. The van der Waals surface area contributed by atoms with Gasteiger partial charge in [-0.1, -0.05) is 13.8 Å². The van der Waals surface area contributed by atoms with Gasteiger partial charge < -0.3 is 10.4 Å². The summed E-state index contributed by atoms with van der Waals surface area (Å²) >= 11 is 0. The van der Waals surface area contributed by atoms with Crippen molar-refractivity contribution in [2.75, 3.05) is 13.1 Å². The number of hydrogen-bond acceptors (Lipinski definition) is 5. The Bertz CT molecular complexity index is 1100. The Morgan fingerprint density at radius 1 is 1.19 bits per heavy atom. The molecule has 0 radical (unpaired) electrons. The van der Waals surface area contributed by atoms with Crippen molar-refractivity contribution in [1.29, 1.82) is 0 Å². The summed E-state index contributed by atoms with van der Waals surface area (Å²) in [5, 5.41) is 21.8. The van der Waals surface area contributed by atoms with Crippen LogP contribution in [0.15, 0.2) is 24.3 Å². The molecule has 0 aliphatic carbocycles. The van der Waals surface area contributed by atoms with Gasteiger partial charge >= 0.3 is 0 Å². The van der Waals surface area contributed by atoms with Gasteiger partial charge in [0.15, 0.2) is 5.65 Å². The number of phenols is 1. The molecule has 0 bridgehead atoms. The maximum Gasteiger partial charge on any atom is 0.182 e. The van der Waals surface area contributed by atoms with Gasteiger partial charge in [-0.2, -0.15) is 5.10 Å². The Balaban J connectivity index is 1.80. The van der Waals surface area contributed by atoms with Gasteiger partial charge in [0, 0.05) is 53.4 Å². The van der Waals surface area contributed by atoms with Crippen molar-refractivity contribution in [2.24, 2.45) is 0 Å². The van der Waals surface area contributed by atoms with E-state index in [0.29, 0.717) is 16.9 Å². The van der Waals surface area contributed by atoms with Gasteiger partial charge in [0.25, 0.3) is 0 Å². The summed E-state index contributed by atoms with van der Waals surface area (Å²) < 4.78 is 14.6. The molecule has 0 amide bonds. The van der Waals surface area contributed by atoms with Gasteiger partial charge in [-0.25, -0.2) is 9.37 Å². The largest absolute Gasteiger partial charge is 0.508 e. The van der Waals surface area contributed by atoms with Crippen LogP contribution in [0.1, 0.15) is 51.8 Å². The molecular weight excluding hydrogens is 393 g/mol. The number of halogens is 1. The van der Waals surface area contributed by atoms with Crippen LogP contribution >= 0.6 is 0 Å². The number of rotatable bonds is 5. The van der Waals surface area contributed by atoms with Crippen LogP contribution < -0.4 is 5.32 Å². The van der Waals surface area contributed by atoms with Crippen LogP contribution in [-0.2, 0) is 6.54 Å². The number of phenolic OH excluding ortho intramolecular Hbond substituents is 1. The number of H-pyrrole nitrogens is 1. The first-order chi connectivity index (χ1) is 14.7. The third kappa shape index (κ3) is 3.92. The number of nitrogens with one attached hydrogen (secondary N) is 2. The van der Waals surface area contributed by atoms with Gasteiger partial charge in [-0.3, -0.25) is 10.00 Å². The van der Waals surface area contributed by atoms with Crippen LogP contribution in [0.4, 0.5) is 4.39 Å². The second-order valence-electron chi connectivity index (χ2n) is 9.39. The first-order valence-electron chi connectivity index (χ1n) is 11.0. The van der Waals surface area contributed by atoms with Crippen molar-refractivity contribution >= 4 is 11.0 Å². The highest BCUT2D eigenvalue weighted by Gasteiger charge is 2.41. The van der Waals surface area contributed by atoms with E-state index in [4.69, 9.17) is 0 Å². The van der Waals surface area contributed by atoms with Crippen LogP contribution in [0.3, 0.4) is 0 Å². The zero-order valence-corrected chi connectivity index (χ0v) is 19.0. The average molecular weight is 426 g/mol. The lowest BCUT2D eigenvalue weighted by Crippen LogP contribution is -2.67. The Labute approximate surface area is 182 Å². The monoisotopic (exact) mass is 425 g/mol. The number of aryl methyl sites for hydroxylation is 1. The number of hydrogen-bond donors (Lipinski definition) is 3. The molecule has 3 heterocycles. The maximum atomic E-state index is 14.6. The molecule has 2 aromatic heterocycles. The molecule has 0 unspecified atom stereocenters. The summed E-state index contributed by atoms with van der Waals surface area (Å²) in [5.74, 6) is -0.597. The fourth-order valence-corrected chi connectivity index (χ4v) is 4.59. The van der Waals surface area contributed by atoms with Gasteiger partial charge in [-0.05, 0) is 57.4 Å². The van der Waals surface area contributed by atoms with Crippen molar-refractivity contribution in [3.05, 3.63) is 41.3 Å². The molecule has 1 aliphatic rings. The number of piperazine rings is 1. The summed E-state index contributed by atoms with van der Waals surface area (Å²) in [6, 6.07) is 6.14. The van der Waals surface area contributed by atoms with Gasteiger partial charge in [0.2, 0.25) is 0 Å². The van der Waals surface area contributed by atoms with Crippen molar-refractivity contribution in [2.45, 2.75) is 65.1 Å². The molecule has 1 aliphatic heterocycles. The van der Waals surface area contributed by atoms with Crippen molar-refractivity contribution in [3.8, 4) is 17.0 Å². The van der Waals surface area contributed by atoms with Crippen LogP contribution in [0.5, 0.6) is 5.75 Å². The molecule has 7 heteroatoms. The molecule has 1 fully saturated rings. The van der Waals surface area contributed by atoms with E-state index < -0.39 is 5.82 Å². The first-order valence-corrected chi connectivity index (χ1v) is 11.0. The number of fused-ring (bicyclic) bond motifs is 1. The van der Waals surface area contributed by atoms with Gasteiger partial charge in [0.05, 0.1) is 5.69 Å². The maximum absolute atomic E-state index is 14.6. The van der Waals surface area contributed by atoms with Crippen LogP contribution in [0, 0.1) is 12.7 Å². The number of pyridine rings is 1. The minimum absolute atomic E-state index is 0.0228. The summed E-state index contributed by atoms with van der Waals surface area (Å²) in [5.41, 5.74) is 3.58. The molecule has 4 rings (SSSR count). The molecule has 0 atom stereocenters. The molecule has 0 spiro atoms. The predicted octanol–water partition coefficient (Wildman–Crippen LogP) is 4.52. The van der Waals surface area contributed by atoms with E-state index in [0.717, 1.165) is 55.2 Å². The summed E-state index contributed by atoms with van der Waals surface area (Å²) in [7, 11) is 0. The number of benzene rings is 1. The molecular formula is C24H32FN5O. The lowest BCUT2D eigenvalue weighted by Gasteiger charge is -2.52. The predicted molar refractivity (Wildman–Crippen MR) is 121 cm³/mol. The normalized spacial score (nSPS) is 18.5. The van der Waals surface area contributed by atoms with Crippen LogP contribution in [-0.4, -0.2) is 49.4 Å². The molecule has 166 valence electrons. The Kier molecular flexibility index (Phi) is 5.52. The minimum Gasteiger partial charge on any atom is -0.508 e. The fraction of sp³-hybridized carbons (Fsp3) is 0.500. The standard InChI is InChI=1S/C24H32FN5O/c1-6-24(7-2)14-30(23(4,5)13-26-24)12-16-10-20(18-9-8-17(31)11-19(18)25)27-22-21(16)15(3)28-29-22/h8-11,26,31H,6-7,12-14H2,1-5H3,(H,27,28,29). The Hall–Kier alpha value is -2.51. The summed E-state index contributed by atoms with van der Waals surface area (Å²) in [6.45, 7) is 13.6. The quantitative estimate of drug-likeness (QED) is 0.560. The Morgan fingerprint density at radius 3 is 2.61 bits per heavy atom. The van der Waals surface area contributed by atoms with E-state index in [2.05, 4.69) is 53.1 Å². The van der Waals surface area contributed by atoms with E-state index in [9.17, 15) is 9.50 Å². The smallest absolute Gasteiger partial charge is 0.182 e. The summed E-state index contributed by atoms with van der Waals surface area (Å²) in [4.78, 5) is 7.14. The number of nitrogens with zero attached hydrogens (tertiary/aromatic N) is 3. The van der Waals surface area contributed by atoms with E-state index in [1.165, 1.54) is 6.07 Å². The van der Waals surface area contributed by atoms with Crippen molar-refractivity contribution in [1.82, 2.24) is 25.4 Å². The van der Waals surface area contributed by atoms with E-state index in [1.807, 2.05) is 13.0 Å². The van der Waals surface area contributed by atoms with E-state index in [-0.39, 0.29) is 16.8 Å². The molecule has 6 nitrogen and oxygen atoms in total. The molecule has 1 saturated heterocycles. The van der Waals surface area contributed by atoms with Crippen LogP contribution in [0.25, 0.3) is 22.3 Å². The highest BCUT2D eigenvalue weighted by atomic mass is 19.1. The topological polar surface area (TPSA) is 77.1 Å². The first kappa shape index (κ1) is 21.7. The molecule has 31 heavy (non-hydrogen) atoms.